The highest BCUT2D eigenvalue weighted by Gasteiger charge is 2.06. The van der Waals surface area contributed by atoms with E-state index in [-0.39, 0.29) is 5.56 Å². The summed E-state index contributed by atoms with van der Waals surface area (Å²) in [5.41, 5.74) is 3.38. The van der Waals surface area contributed by atoms with E-state index in [2.05, 4.69) is 15.0 Å². The molecular formula is C19H13N3O. The van der Waals surface area contributed by atoms with Crippen LogP contribution in [0.5, 0.6) is 0 Å². The molecule has 0 aliphatic rings. The maximum Gasteiger partial charge on any atom is 0.259 e. The quantitative estimate of drug-likeness (QED) is 0.614. The molecule has 2 heterocycles. The van der Waals surface area contributed by atoms with E-state index in [1.807, 2.05) is 60.7 Å². The molecule has 4 heteroatoms. The second-order valence-electron chi connectivity index (χ2n) is 5.22. The molecule has 0 aliphatic carbocycles. The van der Waals surface area contributed by atoms with E-state index >= 15 is 0 Å². The molecule has 4 rings (SSSR count). The van der Waals surface area contributed by atoms with Crippen molar-refractivity contribution in [3.63, 3.8) is 0 Å². The molecule has 0 atom stereocenters. The Morgan fingerprint density at radius 1 is 0.783 bits per heavy atom. The van der Waals surface area contributed by atoms with Gasteiger partial charge < -0.3 is 4.98 Å². The lowest BCUT2D eigenvalue weighted by atomic mass is 10.1. The van der Waals surface area contributed by atoms with E-state index in [4.69, 9.17) is 0 Å². The van der Waals surface area contributed by atoms with E-state index in [9.17, 15) is 4.79 Å². The molecule has 0 spiro atoms. The van der Waals surface area contributed by atoms with Gasteiger partial charge in [-0.2, -0.15) is 0 Å². The summed E-state index contributed by atoms with van der Waals surface area (Å²) >= 11 is 0. The number of pyridine rings is 1. The molecule has 23 heavy (non-hydrogen) atoms. The third kappa shape index (κ3) is 2.51. The van der Waals surface area contributed by atoms with E-state index in [0.717, 1.165) is 16.8 Å². The van der Waals surface area contributed by atoms with Gasteiger partial charge in [-0.1, -0.05) is 42.5 Å². The summed E-state index contributed by atoms with van der Waals surface area (Å²) in [5.74, 6) is 0.571. The van der Waals surface area contributed by atoms with Crippen LogP contribution in [0.1, 0.15) is 0 Å². The van der Waals surface area contributed by atoms with Crippen LogP contribution in [0.3, 0.4) is 0 Å². The number of fused-ring (bicyclic) bond motifs is 1. The standard InChI is InChI=1S/C19H13N3O/c23-19-15-5-1-2-7-17(15)21-18(22-19)14-10-8-13(9-11-14)16-6-3-4-12-20-16/h1-12H,(H,21,22,23). The molecule has 0 amide bonds. The Bertz CT molecular complexity index is 1020. The third-order valence-corrected chi connectivity index (χ3v) is 3.73. The highest BCUT2D eigenvalue weighted by Crippen LogP contribution is 2.21. The van der Waals surface area contributed by atoms with Gasteiger partial charge in [-0.05, 0) is 24.3 Å². The Morgan fingerprint density at radius 2 is 1.52 bits per heavy atom. The Labute approximate surface area is 132 Å². The summed E-state index contributed by atoms with van der Waals surface area (Å²) in [7, 11) is 0. The fraction of sp³-hybridized carbons (Fsp3) is 0. The lowest BCUT2D eigenvalue weighted by molar-refractivity contribution is 1.18. The van der Waals surface area contributed by atoms with Crippen molar-refractivity contribution in [3.8, 4) is 22.6 Å². The monoisotopic (exact) mass is 299 g/mol. The van der Waals surface area contributed by atoms with Crippen molar-refractivity contribution in [3.05, 3.63) is 83.3 Å². The molecular weight excluding hydrogens is 286 g/mol. The zero-order valence-electron chi connectivity index (χ0n) is 12.2. The van der Waals surface area contributed by atoms with E-state index in [0.29, 0.717) is 16.7 Å². The number of nitrogens with one attached hydrogen (secondary N) is 1. The van der Waals surface area contributed by atoms with Crippen LogP contribution in [0.4, 0.5) is 0 Å². The molecule has 110 valence electrons. The van der Waals surface area contributed by atoms with Crippen LogP contribution in [0.2, 0.25) is 0 Å². The summed E-state index contributed by atoms with van der Waals surface area (Å²) < 4.78 is 0. The normalized spacial score (nSPS) is 10.8. The van der Waals surface area contributed by atoms with E-state index < -0.39 is 0 Å². The van der Waals surface area contributed by atoms with Crippen LogP contribution < -0.4 is 5.56 Å². The summed E-state index contributed by atoms with van der Waals surface area (Å²) in [5, 5.41) is 0.598. The summed E-state index contributed by atoms with van der Waals surface area (Å²) in [6.45, 7) is 0. The number of nitrogens with zero attached hydrogens (tertiary/aromatic N) is 2. The molecule has 1 N–H and O–H groups in total. The highest BCUT2D eigenvalue weighted by molar-refractivity contribution is 5.79. The summed E-state index contributed by atoms with van der Waals surface area (Å²) in [6.07, 6.45) is 1.77. The molecule has 0 bridgehead atoms. The zero-order valence-corrected chi connectivity index (χ0v) is 12.2. The van der Waals surface area contributed by atoms with Crippen molar-refractivity contribution in [2.24, 2.45) is 0 Å². The van der Waals surface area contributed by atoms with Crippen molar-refractivity contribution < 1.29 is 0 Å². The van der Waals surface area contributed by atoms with Crippen molar-refractivity contribution in [2.75, 3.05) is 0 Å². The zero-order chi connectivity index (χ0) is 15.6. The van der Waals surface area contributed by atoms with Crippen LogP contribution in [0.25, 0.3) is 33.5 Å². The number of para-hydroxylation sites is 1. The molecule has 4 aromatic rings. The average Bonchev–Trinajstić information content (AvgIpc) is 2.63. The lowest BCUT2D eigenvalue weighted by Gasteiger charge is -2.05. The number of benzene rings is 2. The fourth-order valence-corrected chi connectivity index (χ4v) is 2.56. The minimum absolute atomic E-state index is 0.126. The van der Waals surface area contributed by atoms with Crippen LogP contribution in [0.15, 0.2) is 77.7 Å². The van der Waals surface area contributed by atoms with Crippen molar-refractivity contribution in [1.29, 1.82) is 0 Å². The minimum atomic E-state index is -0.126. The second-order valence-corrected chi connectivity index (χ2v) is 5.22. The molecule has 2 aromatic carbocycles. The maximum atomic E-state index is 12.2. The first kappa shape index (κ1) is 13.4. The molecule has 0 aliphatic heterocycles. The fourth-order valence-electron chi connectivity index (χ4n) is 2.56. The van der Waals surface area contributed by atoms with Gasteiger partial charge in [-0.3, -0.25) is 9.78 Å². The topological polar surface area (TPSA) is 58.6 Å². The van der Waals surface area contributed by atoms with Crippen LogP contribution in [0, 0.1) is 0 Å². The first-order valence-corrected chi connectivity index (χ1v) is 7.32. The number of hydrogen-bond acceptors (Lipinski definition) is 3. The molecule has 0 saturated carbocycles. The average molecular weight is 299 g/mol. The number of H-pyrrole nitrogens is 1. The van der Waals surface area contributed by atoms with Crippen molar-refractivity contribution >= 4 is 10.9 Å². The summed E-state index contributed by atoms with van der Waals surface area (Å²) in [4.78, 5) is 23.9. The number of aromatic amines is 1. The van der Waals surface area contributed by atoms with Gasteiger partial charge in [0.2, 0.25) is 0 Å². The number of hydrogen-bond donors (Lipinski definition) is 1. The van der Waals surface area contributed by atoms with Crippen LogP contribution in [-0.4, -0.2) is 15.0 Å². The first-order chi connectivity index (χ1) is 11.3. The van der Waals surface area contributed by atoms with Gasteiger partial charge in [0, 0.05) is 17.3 Å². The Hall–Kier alpha value is -3.27. The maximum absolute atomic E-state index is 12.2. The third-order valence-electron chi connectivity index (χ3n) is 3.73. The van der Waals surface area contributed by atoms with Gasteiger partial charge in [0.05, 0.1) is 16.6 Å². The summed E-state index contributed by atoms with van der Waals surface area (Å²) in [6, 6.07) is 21.0. The number of aromatic nitrogens is 3. The van der Waals surface area contributed by atoms with E-state index in [1.165, 1.54) is 0 Å². The van der Waals surface area contributed by atoms with E-state index in [1.54, 1.807) is 12.3 Å². The van der Waals surface area contributed by atoms with Crippen LogP contribution >= 0.6 is 0 Å². The molecule has 0 unspecified atom stereocenters. The Morgan fingerprint density at radius 3 is 2.30 bits per heavy atom. The van der Waals surface area contributed by atoms with Gasteiger partial charge in [-0.15, -0.1) is 0 Å². The molecule has 0 fully saturated rings. The van der Waals surface area contributed by atoms with Crippen molar-refractivity contribution in [1.82, 2.24) is 15.0 Å². The highest BCUT2D eigenvalue weighted by atomic mass is 16.1. The van der Waals surface area contributed by atoms with Gasteiger partial charge in [0.25, 0.3) is 5.56 Å². The van der Waals surface area contributed by atoms with Crippen LogP contribution in [-0.2, 0) is 0 Å². The SMILES string of the molecule is O=c1[nH]c(-c2ccc(-c3ccccn3)cc2)nc2ccccc12. The predicted molar refractivity (Wildman–Crippen MR) is 91.0 cm³/mol. The molecule has 2 aromatic heterocycles. The van der Waals surface area contributed by atoms with Gasteiger partial charge >= 0.3 is 0 Å². The van der Waals surface area contributed by atoms with Crippen molar-refractivity contribution in [2.45, 2.75) is 0 Å². The molecule has 4 nitrogen and oxygen atoms in total. The number of rotatable bonds is 2. The Balaban J connectivity index is 1.78. The minimum Gasteiger partial charge on any atom is -0.306 e. The predicted octanol–water partition coefficient (Wildman–Crippen LogP) is 3.65. The smallest absolute Gasteiger partial charge is 0.259 e. The first-order valence-electron chi connectivity index (χ1n) is 7.32. The lowest BCUT2D eigenvalue weighted by Crippen LogP contribution is -2.09. The van der Waals surface area contributed by atoms with Gasteiger partial charge in [-0.25, -0.2) is 4.98 Å². The molecule has 0 saturated heterocycles. The van der Waals surface area contributed by atoms with Gasteiger partial charge in [0.1, 0.15) is 5.82 Å². The second kappa shape index (κ2) is 5.50. The molecule has 0 radical (unpaired) electrons. The Kier molecular flexibility index (Phi) is 3.20. The van der Waals surface area contributed by atoms with Gasteiger partial charge in [0.15, 0.2) is 0 Å². The largest absolute Gasteiger partial charge is 0.306 e.